The first-order valence-electron chi connectivity index (χ1n) is 6.93. The van der Waals surface area contributed by atoms with Gasteiger partial charge < -0.3 is 15.3 Å². The van der Waals surface area contributed by atoms with Crippen molar-refractivity contribution in [1.29, 1.82) is 0 Å². The molecule has 1 saturated heterocycles. The first-order chi connectivity index (χ1) is 9.58. The highest BCUT2D eigenvalue weighted by Crippen LogP contribution is 2.17. The van der Waals surface area contributed by atoms with Gasteiger partial charge in [0.05, 0.1) is 6.54 Å². The molecule has 108 valence electrons. The molecule has 0 aliphatic carbocycles. The summed E-state index contributed by atoms with van der Waals surface area (Å²) in [5.74, 6) is -0.306. The average Bonchev–Trinajstić information content (AvgIpc) is 2.48. The van der Waals surface area contributed by atoms with E-state index in [9.17, 15) is 14.7 Å². The fourth-order valence-corrected chi connectivity index (χ4v) is 2.26. The summed E-state index contributed by atoms with van der Waals surface area (Å²) >= 11 is 0. The lowest BCUT2D eigenvalue weighted by molar-refractivity contribution is -0.130. The van der Waals surface area contributed by atoms with Crippen molar-refractivity contribution in [2.75, 3.05) is 19.6 Å². The summed E-state index contributed by atoms with van der Waals surface area (Å²) in [7, 11) is 0. The molecule has 0 spiro atoms. The Kier molecular flexibility index (Phi) is 4.61. The number of likely N-dealkylation sites (tertiary alicyclic amines) is 1. The van der Waals surface area contributed by atoms with E-state index >= 15 is 0 Å². The molecule has 0 radical (unpaired) electrons. The molecule has 2 amide bonds. The molecule has 1 aromatic rings. The first kappa shape index (κ1) is 14.4. The topological polar surface area (TPSA) is 69.6 Å². The molecule has 5 nitrogen and oxygen atoms in total. The van der Waals surface area contributed by atoms with E-state index in [1.54, 1.807) is 24.0 Å². The summed E-state index contributed by atoms with van der Waals surface area (Å²) in [5, 5.41) is 12.2. The van der Waals surface area contributed by atoms with Gasteiger partial charge in [-0.1, -0.05) is 6.07 Å². The van der Waals surface area contributed by atoms with Crippen LogP contribution < -0.4 is 5.32 Å². The molecule has 1 heterocycles. The maximum atomic E-state index is 11.9. The zero-order valence-corrected chi connectivity index (χ0v) is 11.7. The van der Waals surface area contributed by atoms with Crippen molar-refractivity contribution in [3.63, 3.8) is 0 Å². The van der Waals surface area contributed by atoms with E-state index < -0.39 is 0 Å². The third-order valence-corrected chi connectivity index (χ3v) is 3.58. The Labute approximate surface area is 118 Å². The molecule has 2 rings (SSSR count). The second kappa shape index (κ2) is 6.41. The Morgan fingerprint density at radius 3 is 2.60 bits per heavy atom. The first-order valence-corrected chi connectivity index (χ1v) is 6.93. The second-order valence-electron chi connectivity index (χ2n) is 5.13. The normalized spacial score (nSPS) is 14.9. The lowest BCUT2D eigenvalue weighted by atomic mass is 10.1. The minimum atomic E-state index is -0.342. The number of carbonyl (C=O) groups excluding carboxylic acids is 2. The predicted molar refractivity (Wildman–Crippen MR) is 75.6 cm³/mol. The van der Waals surface area contributed by atoms with Crippen LogP contribution in [-0.2, 0) is 4.79 Å². The zero-order chi connectivity index (χ0) is 14.5. The lowest BCUT2D eigenvalue weighted by Crippen LogP contribution is -2.42. The van der Waals surface area contributed by atoms with Crippen molar-refractivity contribution in [3.8, 4) is 5.75 Å². The van der Waals surface area contributed by atoms with E-state index in [0.717, 1.165) is 25.9 Å². The number of aryl methyl sites for hydroxylation is 1. The standard InChI is InChI=1S/C15H20N2O3/c1-11-5-6-12(9-13(11)18)15(20)16-10-14(19)17-7-3-2-4-8-17/h5-6,9,18H,2-4,7-8,10H2,1H3,(H,16,20). The number of amides is 2. The molecule has 1 aliphatic heterocycles. The van der Waals surface area contributed by atoms with Crippen LogP contribution in [0.3, 0.4) is 0 Å². The Morgan fingerprint density at radius 2 is 1.95 bits per heavy atom. The van der Waals surface area contributed by atoms with E-state index in [4.69, 9.17) is 0 Å². The number of hydrogen-bond donors (Lipinski definition) is 2. The Bertz CT molecular complexity index is 508. The number of rotatable bonds is 3. The van der Waals surface area contributed by atoms with Gasteiger partial charge in [0.25, 0.3) is 5.91 Å². The molecule has 2 N–H and O–H groups in total. The Morgan fingerprint density at radius 1 is 1.25 bits per heavy atom. The quantitative estimate of drug-likeness (QED) is 0.877. The fourth-order valence-electron chi connectivity index (χ4n) is 2.26. The lowest BCUT2D eigenvalue weighted by Gasteiger charge is -2.26. The highest BCUT2D eigenvalue weighted by molar-refractivity contribution is 5.96. The van der Waals surface area contributed by atoms with Crippen LogP contribution in [0.15, 0.2) is 18.2 Å². The molecule has 1 aromatic carbocycles. The van der Waals surface area contributed by atoms with Gasteiger partial charge in [0.2, 0.25) is 5.91 Å². The number of phenols is 1. The second-order valence-corrected chi connectivity index (χ2v) is 5.13. The minimum Gasteiger partial charge on any atom is -0.508 e. The summed E-state index contributed by atoms with van der Waals surface area (Å²) in [4.78, 5) is 25.6. The van der Waals surface area contributed by atoms with Crippen LogP contribution in [-0.4, -0.2) is 41.5 Å². The van der Waals surface area contributed by atoms with Crippen LogP contribution in [0.25, 0.3) is 0 Å². The highest BCUT2D eigenvalue weighted by Gasteiger charge is 2.17. The van der Waals surface area contributed by atoms with Gasteiger partial charge in [-0.15, -0.1) is 0 Å². The molecule has 0 atom stereocenters. The molecule has 20 heavy (non-hydrogen) atoms. The van der Waals surface area contributed by atoms with Gasteiger partial charge in [-0.05, 0) is 43.9 Å². The molecule has 0 aromatic heterocycles. The number of nitrogens with one attached hydrogen (secondary N) is 1. The number of hydrogen-bond acceptors (Lipinski definition) is 3. The van der Waals surface area contributed by atoms with Crippen LogP contribution >= 0.6 is 0 Å². The molecular formula is C15H20N2O3. The summed E-state index contributed by atoms with van der Waals surface area (Å²) in [6, 6.07) is 4.72. The maximum Gasteiger partial charge on any atom is 0.251 e. The zero-order valence-electron chi connectivity index (χ0n) is 11.7. The molecule has 0 saturated carbocycles. The number of piperidine rings is 1. The third-order valence-electron chi connectivity index (χ3n) is 3.58. The van der Waals surface area contributed by atoms with Crippen molar-refractivity contribution >= 4 is 11.8 Å². The average molecular weight is 276 g/mol. The Balaban J connectivity index is 1.88. The summed E-state index contributed by atoms with van der Waals surface area (Å²) < 4.78 is 0. The molecular weight excluding hydrogens is 256 g/mol. The minimum absolute atomic E-state index is 0.00741. The van der Waals surface area contributed by atoms with Crippen LogP contribution in [0.4, 0.5) is 0 Å². The van der Waals surface area contributed by atoms with E-state index in [1.165, 1.54) is 12.5 Å². The van der Waals surface area contributed by atoms with Crippen molar-refractivity contribution in [2.45, 2.75) is 26.2 Å². The summed E-state index contributed by atoms with van der Waals surface area (Å²) in [6.45, 7) is 3.32. The van der Waals surface area contributed by atoms with Crippen molar-refractivity contribution in [2.24, 2.45) is 0 Å². The van der Waals surface area contributed by atoms with Gasteiger partial charge in [0.15, 0.2) is 0 Å². The highest BCUT2D eigenvalue weighted by atomic mass is 16.3. The molecule has 1 fully saturated rings. The predicted octanol–water partition coefficient (Wildman–Crippen LogP) is 1.44. The van der Waals surface area contributed by atoms with Crippen LogP contribution in [0.2, 0.25) is 0 Å². The smallest absolute Gasteiger partial charge is 0.251 e. The van der Waals surface area contributed by atoms with Gasteiger partial charge >= 0.3 is 0 Å². The molecule has 0 unspecified atom stereocenters. The monoisotopic (exact) mass is 276 g/mol. The number of nitrogens with zero attached hydrogens (tertiary/aromatic N) is 1. The summed E-state index contributed by atoms with van der Waals surface area (Å²) in [5.41, 5.74) is 1.07. The van der Waals surface area contributed by atoms with Crippen LogP contribution in [0.1, 0.15) is 35.2 Å². The number of benzene rings is 1. The number of aromatic hydroxyl groups is 1. The SMILES string of the molecule is Cc1ccc(C(=O)NCC(=O)N2CCCCC2)cc1O. The maximum absolute atomic E-state index is 11.9. The van der Waals surface area contributed by atoms with E-state index in [1.807, 2.05) is 0 Å². The van der Waals surface area contributed by atoms with Gasteiger partial charge in [-0.25, -0.2) is 0 Å². The fraction of sp³-hybridized carbons (Fsp3) is 0.467. The molecule has 1 aliphatic rings. The van der Waals surface area contributed by atoms with Gasteiger partial charge in [-0.2, -0.15) is 0 Å². The number of phenolic OH excluding ortho intramolecular Hbond substituents is 1. The number of carbonyl (C=O) groups is 2. The van der Waals surface area contributed by atoms with E-state index in [2.05, 4.69) is 5.32 Å². The summed E-state index contributed by atoms with van der Waals surface area (Å²) in [6.07, 6.45) is 3.23. The largest absolute Gasteiger partial charge is 0.508 e. The van der Waals surface area contributed by atoms with Crippen LogP contribution in [0, 0.1) is 6.92 Å². The van der Waals surface area contributed by atoms with Gasteiger partial charge in [0, 0.05) is 18.7 Å². The Hall–Kier alpha value is -2.04. The van der Waals surface area contributed by atoms with E-state index in [-0.39, 0.29) is 24.1 Å². The molecule has 0 bridgehead atoms. The van der Waals surface area contributed by atoms with Crippen molar-refractivity contribution in [1.82, 2.24) is 10.2 Å². The van der Waals surface area contributed by atoms with Crippen molar-refractivity contribution < 1.29 is 14.7 Å². The molecule has 5 heteroatoms. The van der Waals surface area contributed by atoms with Crippen molar-refractivity contribution in [3.05, 3.63) is 29.3 Å². The van der Waals surface area contributed by atoms with Gasteiger partial charge in [0.1, 0.15) is 5.75 Å². The third kappa shape index (κ3) is 3.50. The van der Waals surface area contributed by atoms with Crippen LogP contribution in [0.5, 0.6) is 5.75 Å². The van der Waals surface area contributed by atoms with E-state index in [0.29, 0.717) is 11.1 Å². The van der Waals surface area contributed by atoms with Gasteiger partial charge in [-0.3, -0.25) is 9.59 Å².